The standard InChI is InChI=1S/C9H14IN5/c1-14-2-4-15(5-3-14)9-12-6-7(10)8(11)13-9/h6H,2-5H2,1H3,(H2,11,12,13). The van der Waals surface area contributed by atoms with Gasteiger partial charge in [0, 0.05) is 32.4 Å². The molecule has 1 aliphatic rings. The summed E-state index contributed by atoms with van der Waals surface area (Å²) in [5, 5.41) is 0. The highest BCUT2D eigenvalue weighted by atomic mass is 127. The minimum atomic E-state index is 0.569. The smallest absolute Gasteiger partial charge is 0.227 e. The molecular formula is C9H14IN5. The number of aromatic nitrogens is 2. The van der Waals surface area contributed by atoms with E-state index in [1.807, 2.05) is 0 Å². The zero-order valence-electron chi connectivity index (χ0n) is 8.65. The molecule has 0 aromatic carbocycles. The predicted octanol–water partition coefficient (Wildman–Crippen LogP) is 0.415. The summed E-state index contributed by atoms with van der Waals surface area (Å²) in [6, 6.07) is 0. The molecule has 1 saturated heterocycles. The quantitative estimate of drug-likeness (QED) is 0.760. The Hall–Kier alpha value is -0.630. The van der Waals surface area contributed by atoms with Crippen LogP contribution in [-0.4, -0.2) is 48.1 Å². The lowest BCUT2D eigenvalue weighted by Gasteiger charge is -2.32. The minimum Gasteiger partial charge on any atom is -0.383 e. The second kappa shape index (κ2) is 4.48. The first-order chi connectivity index (χ1) is 7.16. The SMILES string of the molecule is CN1CCN(c2ncc(I)c(N)n2)CC1. The molecule has 0 spiro atoms. The molecule has 2 heterocycles. The van der Waals surface area contributed by atoms with Crippen molar-refractivity contribution in [3.63, 3.8) is 0 Å². The van der Waals surface area contributed by atoms with E-state index in [0.29, 0.717) is 5.82 Å². The molecule has 1 aromatic heterocycles. The Morgan fingerprint density at radius 2 is 2.00 bits per heavy atom. The molecule has 0 atom stereocenters. The monoisotopic (exact) mass is 319 g/mol. The maximum atomic E-state index is 5.76. The fourth-order valence-electron chi connectivity index (χ4n) is 1.53. The molecule has 15 heavy (non-hydrogen) atoms. The van der Waals surface area contributed by atoms with E-state index in [1.54, 1.807) is 6.20 Å². The summed E-state index contributed by atoms with van der Waals surface area (Å²) in [7, 11) is 2.13. The van der Waals surface area contributed by atoms with Crippen molar-refractivity contribution in [2.45, 2.75) is 0 Å². The van der Waals surface area contributed by atoms with E-state index in [0.717, 1.165) is 35.7 Å². The first-order valence-electron chi connectivity index (χ1n) is 4.88. The van der Waals surface area contributed by atoms with Gasteiger partial charge in [-0.25, -0.2) is 4.98 Å². The Kier molecular flexibility index (Phi) is 3.25. The third-order valence-corrected chi connectivity index (χ3v) is 3.38. The van der Waals surface area contributed by atoms with Gasteiger partial charge >= 0.3 is 0 Å². The van der Waals surface area contributed by atoms with E-state index < -0.39 is 0 Å². The maximum Gasteiger partial charge on any atom is 0.227 e. The number of nitrogen functional groups attached to an aromatic ring is 1. The van der Waals surface area contributed by atoms with Gasteiger partial charge in [0.05, 0.1) is 3.57 Å². The number of halogens is 1. The third-order valence-electron chi connectivity index (χ3n) is 2.54. The number of piperazine rings is 1. The van der Waals surface area contributed by atoms with Gasteiger partial charge in [0.15, 0.2) is 0 Å². The molecule has 6 heteroatoms. The number of anilines is 2. The summed E-state index contributed by atoms with van der Waals surface area (Å²) in [6.07, 6.45) is 1.77. The highest BCUT2D eigenvalue weighted by Gasteiger charge is 2.16. The van der Waals surface area contributed by atoms with E-state index in [4.69, 9.17) is 5.73 Å². The van der Waals surface area contributed by atoms with Crippen molar-refractivity contribution in [1.82, 2.24) is 14.9 Å². The molecule has 0 aliphatic carbocycles. The maximum absolute atomic E-state index is 5.76. The molecule has 82 valence electrons. The Morgan fingerprint density at radius 1 is 1.33 bits per heavy atom. The van der Waals surface area contributed by atoms with E-state index in [2.05, 4.69) is 49.4 Å². The van der Waals surface area contributed by atoms with Gasteiger partial charge in [0.2, 0.25) is 5.95 Å². The minimum absolute atomic E-state index is 0.569. The Labute approximate surface area is 103 Å². The van der Waals surface area contributed by atoms with Crippen LogP contribution in [0.4, 0.5) is 11.8 Å². The van der Waals surface area contributed by atoms with Crippen molar-refractivity contribution >= 4 is 34.4 Å². The van der Waals surface area contributed by atoms with Crippen molar-refractivity contribution in [2.24, 2.45) is 0 Å². The van der Waals surface area contributed by atoms with Gasteiger partial charge in [-0.05, 0) is 29.6 Å². The molecule has 1 fully saturated rings. The second-order valence-electron chi connectivity index (χ2n) is 3.69. The number of likely N-dealkylation sites (N-methyl/N-ethyl adjacent to an activating group) is 1. The van der Waals surface area contributed by atoms with Crippen LogP contribution >= 0.6 is 22.6 Å². The van der Waals surface area contributed by atoms with Crippen LogP contribution in [0.3, 0.4) is 0 Å². The number of nitrogens with two attached hydrogens (primary N) is 1. The van der Waals surface area contributed by atoms with Crippen molar-refractivity contribution in [2.75, 3.05) is 43.9 Å². The Balaban J connectivity index is 2.12. The number of hydrogen-bond acceptors (Lipinski definition) is 5. The van der Waals surface area contributed by atoms with Crippen LogP contribution in [0.1, 0.15) is 0 Å². The molecule has 0 bridgehead atoms. The van der Waals surface area contributed by atoms with Crippen LogP contribution in [0.2, 0.25) is 0 Å². The lowest BCUT2D eigenvalue weighted by Crippen LogP contribution is -2.45. The Bertz CT molecular complexity index is 348. The summed E-state index contributed by atoms with van der Waals surface area (Å²) in [5.41, 5.74) is 5.76. The number of hydrogen-bond donors (Lipinski definition) is 1. The normalized spacial score (nSPS) is 18.1. The largest absolute Gasteiger partial charge is 0.383 e. The van der Waals surface area contributed by atoms with Crippen molar-refractivity contribution in [3.05, 3.63) is 9.77 Å². The summed E-state index contributed by atoms with van der Waals surface area (Å²) in [4.78, 5) is 13.1. The van der Waals surface area contributed by atoms with Crippen LogP contribution in [0, 0.1) is 3.57 Å². The molecule has 1 aromatic rings. The summed E-state index contributed by atoms with van der Waals surface area (Å²) in [6.45, 7) is 4.04. The first kappa shape index (κ1) is 10.9. The van der Waals surface area contributed by atoms with Crippen LogP contribution in [0.5, 0.6) is 0 Å². The van der Waals surface area contributed by atoms with Gasteiger partial charge < -0.3 is 15.5 Å². The summed E-state index contributed by atoms with van der Waals surface area (Å²) in [5.74, 6) is 1.32. The zero-order valence-corrected chi connectivity index (χ0v) is 10.8. The molecule has 0 radical (unpaired) electrons. The van der Waals surface area contributed by atoms with Crippen molar-refractivity contribution < 1.29 is 0 Å². The number of nitrogens with zero attached hydrogens (tertiary/aromatic N) is 4. The fourth-order valence-corrected chi connectivity index (χ4v) is 1.79. The van der Waals surface area contributed by atoms with Crippen molar-refractivity contribution in [1.29, 1.82) is 0 Å². The first-order valence-corrected chi connectivity index (χ1v) is 5.96. The van der Waals surface area contributed by atoms with Gasteiger partial charge in [-0.15, -0.1) is 0 Å². The average Bonchev–Trinajstić information content (AvgIpc) is 2.23. The third kappa shape index (κ3) is 2.49. The Morgan fingerprint density at radius 3 is 2.60 bits per heavy atom. The van der Waals surface area contributed by atoms with Gasteiger partial charge in [-0.1, -0.05) is 0 Å². The topological polar surface area (TPSA) is 58.3 Å². The molecule has 0 unspecified atom stereocenters. The fraction of sp³-hybridized carbons (Fsp3) is 0.556. The van der Waals surface area contributed by atoms with Crippen LogP contribution in [0.25, 0.3) is 0 Å². The number of rotatable bonds is 1. The van der Waals surface area contributed by atoms with Crippen LogP contribution < -0.4 is 10.6 Å². The highest BCUT2D eigenvalue weighted by Crippen LogP contribution is 2.16. The molecule has 0 amide bonds. The lowest BCUT2D eigenvalue weighted by atomic mass is 10.3. The second-order valence-corrected chi connectivity index (χ2v) is 4.86. The van der Waals surface area contributed by atoms with E-state index in [-0.39, 0.29) is 0 Å². The van der Waals surface area contributed by atoms with Crippen LogP contribution in [-0.2, 0) is 0 Å². The van der Waals surface area contributed by atoms with Crippen molar-refractivity contribution in [3.8, 4) is 0 Å². The molecule has 2 N–H and O–H groups in total. The van der Waals surface area contributed by atoms with E-state index in [9.17, 15) is 0 Å². The molecule has 5 nitrogen and oxygen atoms in total. The molecule has 1 aliphatic heterocycles. The summed E-state index contributed by atoms with van der Waals surface area (Å²) < 4.78 is 0.908. The van der Waals surface area contributed by atoms with Crippen LogP contribution in [0.15, 0.2) is 6.20 Å². The van der Waals surface area contributed by atoms with Gasteiger partial charge in [-0.2, -0.15) is 4.98 Å². The summed E-state index contributed by atoms with van der Waals surface area (Å²) >= 11 is 2.14. The highest BCUT2D eigenvalue weighted by molar-refractivity contribution is 14.1. The predicted molar refractivity (Wildman–Crippen MR) is 68.9 cm³/mol. The van der Waals surface area contributed by atoms with Gasteiger partial charge in [0.25, 0.3) is 0 Å². The van der Waals surface area contributed by atoms with E-state index in [1.165, 1.54) is 0 Å². The lowest BCUT2D eigenvalue weighted by molar-refractivity contribution is 0.311. The zero-order chi connectivity index (χ0) is 10.8. The van der Waals surface area contributed by atoms with Gasteiger partial charge in [0.1, 0.15) is 5.82 Å². The molecular weight excluding hydrogens is 305 g/mol. The molecule has 0 saturated carbocycles. The average molecular weight is 319 g/mol. The van der Waals surface area contributed by atoms with E-state index >= 15 is 0 Å². The van der Waals surface area contributed by atoms with Gasteiger partial charge in [-0.3, -0.25) is 0 Å². The molecule has 2 rings (SSSR count).